The van der Waals surface area contributed by atoms with Crippen molar-refractivity contribution in [3.8, 4) is 0 Å². The van der Waals surface area contributed by atoms with Crippen LogP contribution in [0.3, 0.4) is 0 Å². The molecule has 0 saturated carbocycles. The summed E-state index contributed by atoms with van der Waals surface area (Å²) in [4.78, 5) is 19.8. The van der Waals surface area contributed by atoms with Gasteiger partial charge in [0.05, 0.1) is 15.6 Å². The fourth-order valence-electron chi connectivity index (χ4n) is 1.30. The number of nitrogen functional groups attached to an aromatic ring is 1. The molecule has 0 fully saturated rings. The zero-order valence-corrected chi connectivity index (χ0v) is 10.0. The highest BCUT2D eigenvalue weighted by molar-refractivity contribution is 6.37. The Hall–Kier alpha value is -1.65. The van der Waals surface area contributed by atoms with Crippen LogP contribution in [0.5, 0.6) is 0 Å². The maximum absolute atomic E-state index is 12.1. The van der Waals surface area contributed by atoms with Gasteiger partial charge in [0.2, 0.25) is 5.78 Å². The number of carbonyl (C=O) groups is 1. The van der Waals surface area contributed by atoms with Gasteiger partial charge in [-0.05, 0) is 12.1 Å². The predicted octanol–water partition coefficient (Wildman–Crippen LogP) is 2.60. The van der Waals surface area contributed by atoms with Gasteiger partial charge in [-0.1, -0.05) is 23.2 Å². The van der Waals surface area contributed by atoms with E-state index < -0.39 is 0 Å². The molecule has 17 heavy (non-hydrogen) atoms. The third-order valence-corrected chi connectivity index (χ3v) is 2.62. The fourth-order valence-corrected chi connectivity index (χ4v) is 1.77. The number of ketones is 1. The Labute approximate surface area is 107 Å². The standard InChI is InChI=1S/C11H7Cl2N3O/c12-6-3-8(13)10(16-4-6)11(17)7-5-15-2-1-9(7)14/h1-5H,(H2,14,15). The van der Waals surface area contributed by atoms with E-state index in [9.17, 15) is 4.79 Å². The first-order chi connectivity index (χ1) is 8.09. The SMILES string of the molecule is Nc1ccncc1C(=O)c1ncc(Cl)cc1Cl. The minimum absolute atomic E-state index is 0.107. The normalized spacial score (nSPS) is 10.2. The number of nitrogens with two attached hydrogens (primary N) is 1. The molecule has 0 unspecified atom stereocenters. The lowest BCUT2D eigenvalue weighted by Crippen LogP contribution is -2.08. The van der Waals surface area contributed by atoms with E-state index in [1.54, 1.807) is 0 Å². The van der Waals surface area contributed by atoms with Crippen molar-refractivity contribution in [2.75, 3.05) is 5.73 Å². The number of carbonyl (C=O) groups excluding carboxylic acids is 1. The number of rotatable bonds is 2. The molecule has 0 aliphatic heterocycles. The van der Waals surface area contributed by atoms with E-state index in [0.717, 1.165) is 0 Å². The van der Waals surface area contributed by atoms with Crippen LogP contribution in [0, 0.1) is 0 Å². The second-order valence-electron chi connectivity index (χ2n) is 3.28. The molecule has 2 heterocycles. The summed E-state index contributed by atoms with van der Waals surface area (Å²) in [5.74, 6) is -0.378. The number of halogens is 2. The van der Waals surface area contributed by atoms with Crippen LogP contribution in [0.4, 0.5) is 5.69 Å². The molecule has 0 aromatic carbocycles. The van der Waals surface area contributed by atoms with Gasteiger partial charge in [0, 0.05) is 24.3 Å². The van der Waals surface area contributed by atoms with Crippen LogP contribution in [0.15, 0.2) is 30.7 Å². The lowest BCUT2D eigenvalue weighted by molar-refractivity contribution is 0.103. The molecule has 0 aliphatic carbocycles. The summed E-state index contributed by atoms with van der Waals surface area (Å²) < 4.78 is 0. The number of hydrogen-bond acceptors (Lipinski definition) is 4. The van der Waals surface area contributed by atoms with Crippen LogP contribution in [0.2, 0.25) is 10.0 Å². The summed E-state index contributed by atoms with van der Waals surface area (Å²) in [6, 6.07) is 2.99. The quantitative estimate of drug-likeness (QED) is 0.850. The van der Waals surface area contributed by atoms with Crippen LogP contribution >= 0.6 is 23.2 Å². The molecule has 6 heteroatoms. The first-order valence-electron chi connectivity index (χ1n) is 4.65. The monoisotopic (exact) mass is 267 g/mol. The Bertz CT molecular complexity index is 587. The zero-order valence-electron chi connectivity index (χ0n) is 8.52. The van der Waals surface area contributed by atoms with Crippen molar-refractivity contribution in [2.24, 2.45) is 0 Å². The molecule has 86 valence electrons. The molecule has 0 spiro atoms. The van der Waals surface area contributed by atoms with Crippen LogP contribution in [-0.2, 0) is 0 Å². The molecule has 0 amide bonds. The lowest BCUT2D eigenvalue weighted by atomic mass is 10.1. The van der Waals surface area contributed by atoms with Crippen LogP contribution in [0.1, 0.15) is 16.1 Å². The van der Waals surface area contributed by atoms with Gasteiger partial charge in [0.15, 0.2) is 0 Å². The molecular formula is C11H7Cl2N3O. The minimum atomic E-state index is -0.378. The summed E-state index contributed by atoms with van der Waals surface area (Å²) in [7, 11) is 0. The molecule has 2 N–H and O–H groups in total. The largest absolute Gasteiger partial charge is 0.398 e. The second-order valence-corrected chi connectivity index (χ2v) is 4.12. The second kappa shape index (κ2) is 4.69. The highest BCUT2D eigenvalue weighted by Gasteiger charge is 2.17. The van der Waals surface area contributed by atoms with Crippen molar-refractivity contribution in [3.05, 3.63) is 52.0 Å². The Morgan fingerprint density at radius 2 is 2.06 bits per heavy atom. The van der Waals surface area contributed by atoms with Gasteiger partial charge in [0.1, 0.15) is 5.69 Å². The van der Waals surface area contributed by atoms with Gasteiger partial charge < -0.3 is 5.73 Å². The van der Waals surface area contributed by atoms with E-state index in [1.807, 2.05) is 0 Å². The molecule has 4 nitrogen and oxygen atoms in total. The van der Waals surface area contributed by atoms with E-state index in [-0.39, 0.29) is 22.1 Å². The van der Waals surface area contributed by atoms with Crippen molar-refractivity contribution in [3.63, 3.8) is 0 Å². The summed E-state index contributed by atoms with van der Waals surface area (Å²) in [6.45, 7) is 0. The number of anilines is 1. The van der Waals surface area contributed by atoms with E-state index in [2.05, 4.69) is 9.97 Å². The van der Waals surface area contributed by atoms with E-state index in [1.165, 1.54) is 30.7 Å². The maximum atomic E-state index is 12.1. The highest BCUT2D eigenvalue weighted by atomic mass is 35.5. The number of aromatic nitrogens is 2. The van der Waals surface area contributed by atoms with Crippen molar-refractivity contribution in [1.82, 2.24) is 9.97 Å². The molecule has 2 aromatic rings. The van der Waals surface area contributed by atoms with Crippen molar-refractivity contribution in [1.29, 1.82) is 0 Å². The molecule has 0 bridgehead atoms. The average molecular weight is 268 g/mol. The van der Waals surface area contributed by atoms with Gasteiger partial charge in [-0.25, -0.2) is 4.98 Å². The molecule has 0 atom stereocenters. The van der Waals surface area contributed by atoms with Gasteiger partial charge >= 0.3 is 0 Å². The van der Waals surface area contributed by atoms with Gasteiger partial charge in [-0.15, -0.1) is 0 Å². The van der Waals surface area contributed by atoms with E-state index >= 15 is 0 Å². The molecule has 2 aromatic heterocycles. The summed E-state index contributed by atoms with van der Waals surface area (Å²) in [6.07, 6.45) is 4.24. The molecule has 2 rings (SSSR count). The first kappa shape index (κ1) is 11.8. The summed E-state index contributed by atoms with van der Waals surface area (Å²) in [5, 5.41) is 0.552. The van der Waals surface area contributed by atoms with Gasteiger partial charge in [0.25, 0.3) is 0 Å². The molecule has 0 aliphatic rings. The Morgan fingerprint density at radius 1 is 1.29 bits per heavy atom. The predicted molar refractivity (Wildman–Crippen MR) is 66.3 cm³/mol. The molecule has 0 saturated heterocycles. The van der Waals surface area contributed by atoms with E-state index in [4.69, 9.17) is 28.9 Å². The van der Waals surface area contributed by atoms with Crippen LogP contribution < -0.4 is 5.73 Å². The average Bonchev–Trinajstić information content (AvgIpc) is 2.29. The Kier molecular flexibility index (Phi) is 3.26. The topological polar surface area (TPSA) is 68.9 Å². The molecular weight excluding hydrogens is 261 g/mol. The highest BCUT2D eigenvalue weighted by Crippen LogP contribution is 2.22. The molecule has 0 radical (unpaired) electrons. The Morgan fingerprint density at radius 3 is 2.71 bits per heavy atom. The first-order valence-corrected chi connectivity index (χ1v) is 5.40. The fraction of sp³-hybridized carbons (Fsp3) is 0. The van der Waals surface area contributed by atoms with Crippen molar-refractivity contribution in [2.45, 2.75) is 0 Å². The lowest BCUT2D eigenvalue weighted by Gasteiger charge is -2.04. The van der Waals surface area contributed by atoms with E-state index in [0.29, 0.717) is 10.7 Å². The number of pyridine rings is 2. The number of hydrogen-bond donors (Lipinski definition) is 1. The summed E-state index contributed by atoms with van der Waals surface area (Å²) in [5.41, 5.74) is 6.39. The van der Waals surface area contributed by atoms with Crippen molar-refractivity contribution < 1.29 is 4.79 Å². The summed E-state index contributed by atoms with van der Waals surface area (Å²) >= 11 is 11.6. The smallest absolute Gasteiger partial charge is 0.216 e. The van der Waals surface area contributed by atoms with Crippen molar-refractivity contribution >= 4 is 34.7 Å². The van der Waals surface area contributed by atoms with Crippen LogP contribution in [0.25, 0.3) is 0 Å². The minimum Gasteiger partial charge on any atom is -0.398 e. The van der Waals surface area contributed by atoms with Crippen LogP contribution in [-0.4, -0.2) is 15.8 Å². The zero-order chi connectivity index (χ0) is 12.4. The third-order valence-electron chi connectivity index (χ3n) is 2.12. The maximum Gasteiger partial charge on any atom is 0.216 e. The Balaban J connectivity index is 2.48. The third kappa shape index (κ3) is 2.38. The van der Waals surface area contributed by atoms with Gasteiger partial charge in [-0.3, -0.25) is 9.78 Å². The number of nitrogens with zero attached hydrogens (tertiary/aromatic N) is 2. The van der Waals surface area contributed by atoms with Gasteiger partial charge in [-0.2, -0.15) is 0 Å².